The van der Waals surface area contributed by atoms with Crippen molar-refractivity contribution in [1.29, 1.82) is 0 Å². The van der Waals surface area contributed by atoms with Crippen LogP contribution in [0.15, 0.2) is 66.7 Å². The van der Waals surface area contributed by atoms with Crippen LogP contribution in [-0.4, -0.2) is 33.5 Å². The first kappa shape index (κ1) is 19.9. The first-order chi connectivity index (χ1) is 13.4. The summed E-state index contributed by atoms with van der Waals surface area (Å²) in [5.41, 5.74) is 2.16. The third kappa shape index (κ3) is 4.01. The molecule has 1 heterocycles. The minimum Gasteiger partial charge on any atom is -0.391 e. The van der Waals surface area contributed by atoms with Gasteiger partial charge in [-0.15, -0.1) is 0 Å². The lowest BCUT2D eigenvalue weighted by Crippen LogP contribution is -2.49. The molecule has 0 N–H and O–H groups in total. The quantitative estimate of drug-likeness (QED) is 0.715. The number of carbonyl (C=O) groups is 1. The second kappa shape index (κ2) is 8.42. The molecule has 0 saturated heterocycles. The van der Waals surface area contributed by atoms with Crippen molar-refractivity contribution in [3.05, 3.63) is 77.9 Å². The molecule has 0 fully saturated rings. The van der Waals surface area contributed by atoms with Crippen LogP contribution in [0.5, 0.6) is 0 Å². The number of carbonyl (C=O) groups excluding carboxylic acids is 1. The molecule has 0 saturated carbocycles. The molecule has 1 atom stereocenters. The number of nitrogens with zero attached hydrogens (tertiary/aromatic N) is 2. The fraction of sp³-hybridized carbons (Fsp3) is 0.333. The number of amides is 1. The monoisotopic (exact) mass is 377 g/mol. The Balaban J connectivity index is 2.22. The molecule has 0 aliphatic carbocycles. The molecule has 4 heteroatoms. The average Bonchev–Trinajstić information content (AvgIpc) is 2.68. The molecule has 2 aromatic carbocycles. The molecule has 0 aromatic heterocycles. The highest BCUT2D eigenvalue weighted by molar-refractivity contribution is 5.94. The first-order valence-electron chi connectivity index (χ1n) is 9.85. The lowest BCUT2D eigenvalue weighted by molar-refractivity contribution is -0.602. The predicted molar refractivity (Wildman–Crippen MR) is 113 cm³/mol. The Morgan fingerprint density at radius 1 is 0.964 bits per heavy atom. The van der Waals surface area contributed by atoms with Gasteiger partial charge in [0, 0.05) is 24.1 Å². The summed E-state index contributed by atoms with van der Waals surface area (Å²) in [7, 11) is 0. The van der Waals surface area contributed by atoms with Gasteiger partial charge >= 0.3 is 11.9 Å². The molecule has 1 amide bonds. The fourth-order valence-corrected chi connectivity index (χ4v) is 3.63. The number of rotatable bonds is 4. The summed E-state index contributed by atoms with van der Waals surface area (Å²) < 4.78 is 8.58. The third-order valence-electron chi connectivity index (χ3n) is 4.85. The maximum Gasteiger partial charge on any atom is 0.460 e. The van der Waals surface area contributed by atoms with Crippen LogP contribution in [0.4, 0.5) is 0 Å². The van der Waals surface area contributed by atoms with Crippen LogP contribution < -0.4 is 0 Å². The van der Waals surface area contributed by atoms with Crippen molar-refractivity contribution in [3.63, 3.8) is 0 Å². The van der Waals surface area contributed by atoms with Crippen LogP contribution in [0.3, 0.4) is 0 Å². The summed E-state index contributed by atoms with van der Waals surface area (Å²) in [5, 5.41) is 0. The highest BCUT2D eigenvalue weighted by Gasteiger charge is 2.40. The zero-order chi connectivity index (χ0) is 20.3. The van der Waals surface area contributed by atoms with Crippen LogP contribution in [0.2, 0.25) is 0 Å². The zero-order valence-electron chi connectivity index (χ0n) is 17.3. The van der Waals surface area contributed by atoms with Crippen molar-refractivity contribution in [1.82, 2.24) is 4.90 Å². The van der Waals surface area contributed by atoms with Gasteiger partial charge in [-0.2, -0.15) is 4.90 Å². The van der Waals surface area contributed by atoms with E-state index in [0.717, 1.165) is 16.9 Å². The summed E-state index contributed by atoms with van der Waals surface area (Å²) in [6.45, 7) is 9.86. The van der Waals surface area contributed by atoms with E-state index in [4.69, 9.17) is 4.74 Å². The molecule has 2 aromatic rings. The van der Waals surface area contributed by atoms with E-state index in [9.17, 15) is 4.79 Å². The van der Waals surface area contributed by atoms with Crippen LogP contribution >= 0.6 is 0 Å². The van der Waals surface area contributed by atoms with Crippen LogP contribution in [0.1, 0.15) is 51.8 Å². The molecule has 1 aliphatic rings. The Kier molecular flexibility index (Phi) is 5.98. The molecule has 4 nitrogen and oxygen atoms in total. The molecule has 1 unspecified atom stereocenters. The molecule has 28 heavy (non-hydrogen) atoms. The lowest BCUT2D eigenvalue weighted by Gasteiger charge is -2.31. The van der Waals surface area contributed by atoms with Gasteiger partial charge in [-0.05, 0) is 27.7 Å². The number of benzene rings is 2. The second-order valence-electron chi connectivity index (χ2n) is 7.62. The van der Waals surface area contributed by atoms with Crippen molar-refractivity contribution in [2.24, 2.45) is 0 Å². The predicted octanol–water partition coefficient (Wildman–Crippen LogP) is 4.83. The summed E-state index contributed by atoms with van der Waals surface area (Å²) in [5.74, 6) is 0.741. The molecular weight excluding hydrogens is 348 g/mol. The van der Waals surface area contributed by atoms with Crippen LogP contribution in [0, 0.1) is 0 Å². The zero-order valence-corrected chi connectivity index (χ0v) is 17.3. The van der Waals surface area contributed by atoms with Crippen LogP contribution in [0.25, 0.3) is 5.76 Å². The smallest absolute Gasteiger partial charge is 0.391 e. The summed E-state index contributed by atoms with van der Waals surface area (Å²) in [6.07, 6.45) is 2.15. The SMILES string of the molecule is CC(=O)N(C1=[N+](C(C)C)C(c2ccccc2)C=C(c2ccccc2)O1)C(C)C. The van der Waals surface area contributed by atoms with Crippen molar-refractivity contribution in [2.75, 3.05) is 0 Å². The van der Waals surface area contributed by atoms with Crippen molar-refractivity contribution in [3.8, 4) is 0 Å². The van der Waals surface area contributed by atoms with Gasteiger partial charge in [0.05, 0.1) is 6.04 Å². The molecular formula is C24H29N2O2+. The molecule has 0 spiro atoms. The summed E-state index contributed by atoms with van der Waals surface area (Å²) >= 11 is 0. The van der Waals surface area contributed by atoms with E-state index in [1.54, 1.807) is 11.8 Å². The van der Waals surface area contributed by atoms with E-state index < -0.39 is 0 Å². The van der Waals surface area contributed by atoms with Crippen molar-refractivity contribution < 1.29 is 14.1 Å². The fourth-order valence-electron chi connectivity index (χ4n) is 3.63. The molecule has 1 aliphatic heterocycles. The third-order valence-corrected chi connectivity index (χ3v) is 4.85. The van der Waals surface area contributed by atoms with Crippen LogP contribution in [-0.2, 0) is 9.53 Å². The van der Waals surface area contributed by atoms with E-state index in [0.29, 0.717) is 6.02 Å². The Morgan fingerprint density at radius 3 is 2.04 bits per heavy atom. The van der Waals surface area contributed by atoms with Gasteiger partial charge in [0.1, 0.15) is 17.8 Å². The van der Waals surface area contributed by atoms with E-state index in [1.807, 2.05) is 62.4 Å². The highest BCUT2D eigenvalue weighted by atomic mass is 16.5. The average molecular weight is 378 g/mol. The topological polar surface area (TPSA) is 32.5 Å². The van der Waals surface area contributed by atoms with Crippen molar-refractivity contribution in [2.45, 2.75) is 52.7 Å². The molecule has 0 bridgehead atoms. The van der Waals surface area contributed by atoms with Gasteiger partial charge in [0.2, 0.25) is 0 Å². The molecule has 3 rings (SSSR count). The Bertz CT molecular complexity index is 883. The minimum atomic E-state index is -0.0308. The van der Waals surface area contributed by atoms with Gasteiger partial charge in [0.25, 0.3) is 0 Å². The highest BCUT2D eigenvalue weighted by Crippen LogP contribution is 2.32. The van der Waals surface area contributed by atoms with Crippen molar-refractivity contribution >= 4 is 17.7 Å². The van der Waals surface area contributed by atoms with E-state index in [2.05, 4.69) is 36.6 Å². The Hall–Kier alpha value is -2.88. The first-order valence-corrected chi connectivity index (χ1v) is 9.85. The number of hydrogen-bond donors (Lipinski definition) is 0. The number of ether oxygens (including phenoxy) is 1. The van der Waals surface area contributed by atoms with Gasteiger partial charge in [-0.3, -0.25) is 0 Å². The van der Waals surface area contributed by atoms with E-state index in [1.165, 1.54) is 0 Å². The minimum absolute atomic E-state index is 0.0136. The molecule has 146 valence electrons. The standard InChI is InChI=1S/C24H29N2O2/c1-17(2)25(19(5)27)24-26(18(3)4)22(20-12-8-6-9-13-20)16-23(28-24)21-14-10-7-11-15-21/h6-18,22H,1-5H3/q+1. The van der Waals surface area contributed by atoms with E-state index >= 15 is 0 Å². The summed E-state index contributed by atoms with van der Waals surface area (Å²) in [4.78, 5) is 14.3. The normalized spacial score (nSPS) is 16.8. The lowest BCUT2D eigenvalue weighted by atomic mass is 10.0. The Morgan fingerprint density at radius 2 is 1.54 bits per heavy atom. The van der Waals surface area contributed by atoms with Gasteiger partial charge in [0.15, 0.2) is 0 Å². The second-order valence-corrected chi connectivity index (χ2v) is 7.62. The maximum absolute atomic E-state index is 12.5. The van der Waals surface area contributed by atoms with Gasteiger partial charge in [-0.1, -0.05) is 60.7 Å². The van der Waals surface area contributed by atoms with Gasteiger partial charge in [-0.25, -0.2) is 9.37 Å². The summed E-state index contributed by atoms with van der Waals surface area (Å²) in [6, 6.07) is 21.1. The van der Waals surface area contributed by atoms with Gasteiger partial charge < -0.3 is 4.74 Å². The maximum atomic E-state index is 12.5. The number of amidine groups is 1. The Labute approximate surface area is 167 Å². The molecule has 0 radical (unpaired) electrons. The van der Waals surface area contributed by atoms with E-state index in [-0.39, 0.29) is 24.0 Å². The number of hydrogen-bond acceptors (Lipinski definition) is 2. The largest absolute Gasteiger partial charge is 0.460 e.